The summed E-state index contributed by atoms with van der Waals surface area (Å²) in [6.07, 6.45) is 0.988. The maximum Gasteiger partial charge on any atom is 0.346 e. The second-order valence-electron chi connectivity index (χ2n) is 2.61. The largest absolute Gasteiger partial charge is 0.477 e. The van der Waals surface area contributed by atoms with Gasteiger partial charge in [-0.1, -0.05) is 22.0 Å². The molecule has 1 aromatic carbocycles. The number of halogens is 2. The molecule has 0 aliphatic heterocycles. The fourth-order valence-corrected chi connectivity index (χ4v) is 1.39. The van der Waals surface area contributed by atoms with Gasteiger partial charge in [-0.3, -0.25) is 0 Å². The van der Waals surface area contributed by atoms with Crippen molar-refractivity contribution in [3.05, 3.63) is 39.6 Å². The van der Waals surface area contributed by atoms with Crippen LogP contribution in [0, 0.1) is 17.1 Å². The summed E-state index contributed by atoms with van der Waals surface area (Å²) in [4.78, 5) is 10.5. The molecule has 0 aliphatic carbocycles. The van der Waals surface area contributed by atoms with Gasteiger partial charge in [-0.05, 0) is 18.2 Å². The third-order valence-electron chi connectivity index (χ3n) is 1.64. The highest BCUT2D eigenvalue weighted by atomic mass is 79.9. The zero-order valence-corrected chi connectivity index (χ0v) is 8.95. The molecule has 0 aromatic heterocycles. The molecule has 3 nitrogen and oxygen atoms in total. The van der Waals surface area contributed by atoms with Crippen LogP contribution in [0.2, 0.25) is 0 Å². The van der Waals surface area contributed by atoms with Crippen LogP contribution in [-0.2, 0) is 4.79 Å². The molecule has 0 heterocycles. The molecule has 5 heteroatoms. The van der Waals surface area contributed by atoms with Crippen LogP contribution in [0.5, 0.6) is 0 Å². The predicted molar refractivity (Wildman–Crippen MR) is 55.3 cm³/mol. The van der Waals surface area contributed by atoms with Gasteiger partial charge in [0.05, 0.1) is 0 Å². The quantitative estimate of drug-likeness (QED) is 0.663. The van der Waals surface area contributed by atoms with E-state index in [1.807, 2.05) is 0 Å². The van der Waals surface area contributed by atoms with Gasteiger partial charge in [-0.15, -0.1) is 0 Å². The van der Waals surface area contributed by atoms with E-state index in [0.717, 1.165) is 6.08 Å². The van der Waals surface area contributed by atoms with E-state index in [9.17, 15) is 9.18 Å². The number of hydrogen-bond acceptors (Lipinski definition) is 2. The Hall–Kier alpha value is -1.67. The standard InChI is InChI=1S/C10H5BrFNO2/c11-8-2-1-3-9(12)7(8)4-6(5-13)10(14)15/h1-4H,(H,14,15)/b6-4+. The fraction of sp³-hybridized carbons (Fsp3) is 0. The Morgan fingerprint density at radius 1 is 1.60 bits per heavy atom. The van der Waals surface area contributed by atoms with Crippen molar-refractivity contribution in [2.24, 2.45) is 0 Å². The van der Waals surface area contributed by atoms with E-state index in [1.54, 1.807) is 6.07 Å². The summed E-state index contributed by atoms with van der Waals surface area (Å²) in [6.45, 7) is 0. The summed E-state index contributed by atoms with van der Waals surface area (Å²) in [5.74, 6) is -1.97. The number of nitriles is 1. The van der Waals surface area contributed by atoms with Crippen molar-refractivity contribution < 1.29 is 14.3 Å². The molecule has 0 unspecified atom stereocenters. The minimum absolute atomic E-state index is 0.0523. The van der Waals surface area contributed by atoms with Gasteiger partial charge in [0.15, 0.2) is 0 Å². The maximum atomic E-state index is 13.2. The summed E-state index contributed by atoms with van der Waals surface area (Å²) < 4.78 is 13.6. The van der Waals surface area contributed by atoms with E-state index in [1.165, 1.54) is 18.2 Å². The number of aliphatic carboxylic acids is 1. The molecule has 0 atom stereocenters. The molecule has 1 rings (SSSR count). The Balaban J connectivity index is 3.30. The molecule has 0 saturated heterocycles. The van der Waals surface area contributed by atoms with Crippen LogP contribution in [0.1, 0.15) is 5.56 Å². The van der Waals surface area contributed by atoms with Gasteiger partial charge in [0.2, 0.25) is 0 Å². The highest BCUT2D eigenvalue weighted by Gasteiger charge is 2.10. The monoisotopic (exact) mass is 269 g/mol. The first-order chi connectivity index (χ1) is 7.06. The number of nitrogens with zero attached hydrogens (tertiary/aromatic N) is 1. The van der Waals surface area contributed by atoms with E-state index in [2.05, 4.69) is 15.9 Å². The molecule has 1 aromatic rings. The van der Waals surface area contributed by atoms with Crippen molar-refractivity contribution in [3.8, 4) is 6.07 Å². The zero-order chi connectivity index (χ0) is 11.4. The van der Waals surface area contributed by atoms with Crippen LogP contribution < -0.4 is 0 Å². The van der Waals surface area contributed by atoms with Crippen LogP contribution >= 0.6 is 15.9 Å². The lowest BCUT2D eigenvalue weighted by atomic mass is 10.1. The Kier molecular flexibility index (Phi) is 3.58. The number of rotatable bonds is 2. The van der Waals surface area contributed by atoms with E-state index < -0.39 is 17.4 Å². The van der Waals surface area contributed by atoms with Crippen molar-refractivity contribution in [1.29, 1.82) is 5.26 Å². The van der Waals surface area contributed by atoms with Crippen molar-refractivity contribution in [1.82, 2.24) is 0 Å². The van der Waals surface area contributed by atoms with Crippen LogP contribution in [0.4, 0.5) is 4.39 Å². The molecule has 0 radical (unpaired) electrons. The third-order valence-corrected chi connectivity index (χ3v) is 2.33. The first-order valence-electron chi connectivity index (χ1n) is 3.85. The average Bonchev–Trinajstić information content (AvgIpc) is 2.17. The van der Waals surface area contributed by atoms with Crippen LogP contribution in [0.3, 0.4) is 0 Å². The Bertz CT molecular complexity index is 457. The molecule has 0 saturated carbocycles. The lowest BCUT2D eigenvalue weighted by molar-refractivity contribution is -0.132. The molecule has 15 heavy (non-hydrogen) atoms. The van der Waals surface area contributed by atoms with E-state index in [4.69, 9.17) is 10.4 Å². The molecule has 0 bridgehead atoms. The zero-order valence-electron chi connectivity index (χ0n) is 7.37. The van der Waals surface area contributed by atoms with E-state index >= 15 is 0 Å². The minimum atomic E-state index is -1.38. The van der Waals surface area contributed by atoms with Gasteiger partial charge < -0.3 is 5.11 Å². The first-order valence-corrected chi connectivity index (χ1v) is 4.64. The van der Waals surface area contributed by atoms with Crippen LogP contribution in [-0.4, -0.2) is 11.1 Å². The summed E-state index contributed by atoms with van der Waals surface area (Å²) >= 11 is 3.07. The first kappa shape index (κ1) is 11.4. The van der Waals surface area contributed by atoms with Crippen LogP contribution in [0.25, 0.3) is 6.08 Å². The Labute approximate surface area is 93.6 Å². The topological polar surface area (TPSA) is 61.1 Å². The minimum Gasteiger partial charge on any atom is -0.477 e. The lowest BCUT2D eigenvalue weighted by Crippen LogP contribution is -1.98. The molecule has 0 aliphatic rings. The predicted octanol–water partition coefficient (Wildman–Crippen LogP) is 2.58. The number of carboxylic acid groups (broad SMARTS) is 1. The second-order valence-corrected chi connectivity index (χ2v) is 3.46. The highest BCUT2D eigenvalue weighted by molar-refractivity contribution is 9.10. The summed E-state index contributed by atoms with van der Waals surface area (Å²) in [5.41, 5.74) is -0.461. The van der Waals surface area contributed by atoms with E-state index in [0.29, 0.717) is 4.47 Å². The number of hydrogen-bond donors (Lipinski definition) is 1. The maximum absolute atomic E-state index is 13.2. The van der Waals surface area contributed by atoms with Crippen molar-refractivity contribution in [3.63, 3.8) is 0 Å². The average molecular weight is 270 g/mol. The van der Waals surface area contributed by atoms with Crippen molar-refractivity contribution >= 4 is 28.0 Å². The third kappa shape index (κ3) is 2.64. The second kappa shape index (κ2) is 4.71. The summed E-state index contributed by atoms with van der Waals surface area (Å²) in [5, 5.41) is 17.1. The van der Waals surface area contributed by atoms with Crippen molar-refractivity contribution in [2.45, 2.75) is 0 Å². The smallest absolute Gasteiger partial charge is 0.346 e. The number of benzene rings is 1. The van der Waals surface area contributed by atoms with Gasteiger partial charge in [-0.2, -0.15) is 5.26 Å². The number of carboxylic acids is 1. The van der Waals surface area contributed by atoms with Crippen LogP contribution in [0.15, 0.2) is 28.2 Å². The summed E-state index contributed by atoms with van der Waals surface area (Å²) in [7, 11) is 0. The van der Waals surface area contributed by atoms with Gasteiger partial charge in [-0.25, -0.2) is 9.18 Å². The van der Waals surface area contributed by atoms with Gasteiger partial charge in [0.25, 0.3) is 0 Å². The van der Waals surface area contributed by atoms with Gasteiger partial charge >= 0.3 is 5.97 Å². The lowest BCUT2D eigenvalue weighted by Gasteiger charge is -1.99. The SMILES string of the molecule is N#C/C(=C\c1c(F)cccc1Br)C(=O)O. The molecular formula is C10H5BrFNO2. The molecule has 0 amide bonds. The molecule has 1 N–H and O–H groups in total. The summed E-state index contributed by atoms with van der Waals surface area (Å²) in [6, 6.07) is 5.70. The number of carbonyl (C=O) groups is 1. The molecule has 0 fully saturated rings. The molecular weight excluding hydrogens is 265 g/mol. The van der Waals surface area contributed by atoms with E-state index in [-0.39, 0.29) is 5.56 Å². The fourth-order valence-electron chi connectivity index (χ4n) is 0.935. The van der Waals surface area contributed by atoms with Gasteiger partial charge in [0, 0.05) is 10.0 Å². The highest BCUT2D eigenvalue weighted by Crippen LogP contribution is 2.22. The van der Waals surface area contributed by atoms with Gasteiger partial charge in [0.1, 0.15) is 17.5 Å². The normalized spacial score (nSPS) is 10.9. The Morgan fingerprint density at radius 2 is 2.27 bits per heavy atom. The molecule has 0 spiro atoms. The Morgan fingerprint density at radius 3 is 2.73 bits per heavy atom. The van der Waals surface area contributed by atoms with Crippen molar-refractivity contribution in [2.75, 3.05) is 0 Å². The molecule has 76 valence electrons.